The van der Waals surface area contributed by atoms with Gasteiger partial charge in [-0.15, -0.1) is 11.6 Å². The number of unbranched alkanes of at least 4 members (excludes halogenated alkanes) is 1. The first-order valence-corrected chi connectivity index (χ1v) is 9.13. The normalized spacial score (nSPS) is 11.3. The second-order valence-corrected chi connectivity index (χ2v) is 6.03. The van der Waals surface area contributed by atoms with E-state index in [0.717, 1.165) is 30.4 Å². The number of hydrogen-bond acceptors (Lipinski definition) is 3. The third-order valence-corrected chi connectivity index (χ3v) is 3.95. The fourth-order valence-corrected chi connectivity index (χ4v) is 2.60. The summed E-state index contributed by atoms with van der Waals surface area (Å²) >= 11 is 5.74. The molecule has 0 atom stereocenters. The Morgan fingerprint density at radius 3 is 2.23 bits per heavy atom. The van der Waals surface area contributed by atoms with Crippen LogP contribution in [-0.2, 0) is 9.53 Å². The lowest BCUT2D eigenvalue weighted by Crippen LogP contribution is -2.01. The van der Waals surface area contributed by atoms with Crippen LogP contribution in [0.25, 0.3) is 5.57 Å². The molecule has 2 rings (SSSR count). The summed E-state index contributed by atoms with van der Waals surface area (Å²) in [5.41, 5.74) is 1.83. The number of carbonyl (C=O) groups is 1. The molecule has 5 heteroatoms. The molecule has 138 valence electrons. The molecule has 0 amide bonds. The molecule has 0 heterocycles. The number of halogens is 2. The number of ether oxygens (including phenoxy) is 2. The number of alkyl halides is 1. The topological polar surface area (TPSA) is 35.5 Å². The van der Waals surface area contributed by atoms with Gasteiger partial charge < -0.3 is 9.47 Å². The lowest BCUT2D eigenvalue weighted by Gasteiger charge is -2.10. The summed E-state index contributed by atoms with van der Waals surface area (Å²) in [5.74, 6) is 1.13. The molecule has 0 aliphatic rings. The maximum Gasteiger partial charge on any atom is 0.331 e. The molecule has 0 saturated heterocycles. The minimum Gasteiger partial charge on any atom is -0.463 e. The van der Waals surface area contributed by atoms with Gasteiger partial charge in [-0.05, 0) is 73.7 Å². The Morgan fingerprint density at radius 2 is 1.65 bits per heavy atom. The highest BCUT2D eigenvalue weighted by Gasteiger charge is 2.07. The molecule has 26 heavy (non-hydrogen) atoms. The molecule has 0 spiro atoms. The predicted octanol–water partition coefficient (Wildman–Crippen LogP) is 5.97. The van der Waals surface area contributed by atoms with Crippen LogP contribution < -0.4 is 4.74 Å². The van der Waals surface area contributed by atoms with E-state index in [-0.39, 0.29) is 11.8 Å². The van der Waals surface area contributed by atoms with Gasteiger partial charge in [0.1, 0.15) is 17.3 Å². The number of hydrogen-bond donors (Lipinski definition) is 0. The highest BCUT2D eigenvalue weighted by atomic mass is 35.5. The lowest BCUT2D eigenvalue weighted by atomic mass is 10.00. The van der Waals surface area contributed by atoms with Crippen LogP contribution in [0.5, 0.6) is 11.5 Å². The summed E-state index contributed by atoms with van der Waals surface area (Å²) in [5, 5.41) is 0. The van der Waals surface area contributed by atoms with Crippen molar-refractivity contribution in [3.8, 4) is 11.5 Å². The van der Waals surface area contributed by atoms with E-state index >= 15 is 0 Å². The van der Waals surface area contributed by atoms with Crippen LogP contribution in [0.4, 0.5) is 4.39 Å². The molecule has 3 nitrogen and oxygen atoms in total. The molecule has 0 aromatic heterocycles. The third kappa shape index (κ3) is 6.52. The van der Waals surface area contributed by atoms with E-state index in [4.69, 9.17) is 21.1 Å². The van der Waals surface area contributed by atoms with Gasteiger partial charge in [-0.25, -0.2) is 9.18 Å². The van der Waals surface area contributed by atoms with Crippen LogP contribution >= 0.6 is 11.6 Å². The average Bonchev–Trinajstić information content (AvgIpc) is 2.64. The van der Waals surface area contributed by atoms with Crippen LogP contribution in [0.2, 0.25) is 0 Å². The molecular formula is C21H22ClFO3. The zero-order valence-corrected chi connectivity index (χ0v) is 15.5. The Hall–Kier alpha value is -2.33. The van der Waals surface area contributed by atoms with Crippen molar-refractivity contribution in [2.24, 2.45) is 0 Å². The van der Waals surface area contributed by atoms with E-state index < -0.39 is 0 Å². The second-order valence-electron chi connectivity index (χ2n) is 5.65. The van der Waals surface area contributed by atoms with Crippen molar-refractivity contribution < 1.29 is 18.7 Å². The van der Waals surface area contributed by atoms with Crippen LogP contribution in [0.1, 0.15) is 31.7 Å². The zero-order chi connectivity index (χ0) is 18.8. The molecule has 0 aliphatic heterocycles. The minimum atomic E-state index is -0.347. The van der Waals surface area contributed by atoms with Crippen molar-refractivity contribution in [1.82, 2.24) is 0 Å². The first-order chi connectivity index (χ1) is 12.6. The van der Waals surface area contributed by atoms with E-state index in [1.165, 1.54) is 18.2 Å². The third-order valence-electron chi connectivity index (χ3n) is 3.68. The Morgan fingerprint density at radius 1 is 1.04 bits per heavy atom. The highest BCUT2D eigenvalue weighted by Crippen LogP contribution is 2.26. The molecule has 0 N–H and O–H groups in total. The molecular weight excluding hydrogens is 355 g/mol. The summed E-state index contributed by atoms with van der Waals surface area (Å²) in [4.78, 5) is 11.8. The van der Waals surface area contributed by atoms with E-state index in [1.54, 1.807) is 19.1 Å². The monoisotopic (exact) mass is 376 g/mol. The molecule has 2 aromatic rings. The maximum absolute atomic E-state index is 12.9. The standard InChI is InChI=1S/C21H22ClFO3/c1-2-25-21(24)15-17(5-3-4-14-22)16-6-10-19(11-7-16)26-20-12-8-18(23)9-13-20/h6-13,15H,2-5,14H2,1H3. The second kappa shape index (κ2) is 10.6. The van der Waals surface area contributed by atoms with E-state index in [1.807, 2.05) is 24.3 Å². The summed E-state index contributed by atoms with van der Waals surface area (Å²) < 4.78 is 23.7. The average molecular weight is 377 g/mol. The van der Waals surface area contributed by atoms with Crippen LogP contribution in [0.15, 0.2) is 54.6 Å². The van der Waals surface area contributed by atoms with E-state index in [2.05, 4.69) is 0 Å². The maximum atomic E-state index is 12.9. The van der Waals surface area contributed by atoms with Crippen molar-refractivity contribution in [3.05, 3.63) is 66.0 Å². The van der Waals surface area contributed by atoms with Crippen molar-refractivity contribution in [3.63, 3.8) is 0 Å². The largest absolute Gasteiger partial charge is 0.463 e. The van der Waals surface area contributed by atoms with Gasteiger partial charge >= 0.3 is 5.97 Å². The summed E-state index contributed by atoms with van der Waals surface area (Å²) in [6, 6.07) is 13.3. The summed E-state index contributed by atoms with van der Waals surface area (Å²) in [7, 11) is 0. The van der Waals surface area contributed by atoms with Gasteiger partial charge in [0.05, 0.1) is 6.61 Å². The summed E-state index contributed by atoms with van der Waals surface area (Å²) in [6.07, 6.45) is 4.05. The Kier molecular flexibility index (Phi) is 8.16. The number of esters is 1. The number of rotatable bonds is 9. The van der Waals surface area contributed by atoms with Gasteiger partial charge in [0, 0.05) is 12.0 Å². The Bertz CT molecular complexity index is 724. The Labute approximate surface area is 158 Å². The highest BCUT2D eigenvalue weighted by molar-refractivity contribution is 6.17. The predicted molar refractivity (Wildman–Crippen MR) is 102 cm³/mol. The van der Waals surface area contributed by atoms with E-state index in [0.29, 0.717) is 24.0 Å². The van der Waals surface area contributed by atoms with Crippen molar-refractivity contribution in [2.75, 3.05) is 12.5 Å². The smallest absolute Gasteiger partial charge is 0.331 e. The van der Waals surface area contributed by atoms with Crippen LogP contribution in [-0.4, -0.2) is 18.5 Å². The molecule has 0 unspecified atom stereocenters. The fraction of sp³-hybridized carbons (Fsp3) is 0.286. The summed E-state index contributed by atoms with van der Waals surface area (Å²) in [6.45, 7) is 2.12. The number of allylic oxidation sites excluding steroid dienone is 1. The van der Waals surface area contributed by atoms with Crippen molar-refractivity contribution in [1.29, 1.82) is 0 Å². The van der Waals surface area contributed by atoms with Crippen molar-refractivity contribution in [2.45, 2.75) is 26.2 Å². The Balaban J connectivity index is 2.12. The van der Waals surface area contributed by atoms with Crippen LogP contribution in [0, 0.1) is 5.82 Å². The molecule has 0 radical (unpaired) electrons. The van der Waals surface area contributed by atoms with Gasteiger partial charge in [0.2, 0.25) is 0 Å². The van der Waals surface area contributed by atoms with Crippen molar-refractivity contribution >= 4 is 23.1 Å². The van der Waals surface area contributed by atoms with Gasteiger partial charge in [-0.1, -0.05) is 12.1 Å². The van der Waals surface area contributed by atoms with Gasteiger partial charge in [-0.2, -0.15) is 0 Å². The first kappa shape index (κ1) is 20.0. The molecule has 0 fully saturated rings. The fourth-order valence-electron chi connectivity index (χ4n) is 2.41. The molecule has 0 aliphatic carbocycles. The van der Waals surface area contributed by atoms with Crippen LogP contribution in [0.3, 0.4) is 0 Å². The first-order valence-electron chi connectivity index (χ1n) is 8.59. The lowest BCUT2D eigenvalue weighted by molar-refractivity contribution is -0.137. The molecule has 2 aromatic carbocycles. The van der Waals surface area contributed by atoms with Gasteiger partial charge in [0.15, 0.2) is 0 Å². The molecule has 0 saturated carbocycles. The van der Waals surface area contributed by atoms with E-state index in [9.17, 15) is 9.18 Å². The number of benzene rings is 2. The SMILES string of the molecule is CCOC(=O)C=C(CCCCCl)c1ccc(Oc2ccc(F)cc2)cc1. The number of carbonyl (C=O) groups excluding carboxylic acids is 1. The minimum absolute atomic E-state index is 0.307. The van der Waals surface area contributed by atoms with Gasteiger partial charge in [0.25, 0.3) is 0 Å². The van der Waals surface area contributed by atoms with Gasteiger partial charge in [-0.3, -0.25) is 0 Å². The quantitative estimate of drug-likeness (QED) is 0.234. The molecule has 0 bridgehead atoms. The zero-order valence-electron chi connectivity index (χ0n) is 14.7.